The number of alkyl halides is 6. The summed E-state index contributed by atoms with van der Waals surface area (Å²) in [5, 5.41) is 0. The van der Waals surface area contributed by atoms with Crippen LogP contribution in [0, 0.1) is 52.3 Å². The number of piperidine rings is 1. The van der Waals surface area contributed by atoms with Gasteiger partial charge in [-0.1, -0.05) is 52.4 Å². The molecule has 10 aliphatic rings. The van der Waals surface area contributed by atoms with E-state index in [4.69, 9.17) is 0 Å². The quantitative estimate of drug-likeness (QED) is 0.271. The first kappa shape index (κ1) is 34.3. The molecule has 12 atom stereocenters. The second-order valence-corrected chi connectivity index (χ2v) is 20.1. The van der Waals surface area contributed by atoms with Crippen LogP contribution in [-0.4, -0.2) is 57.9 Å². The predicted octanol–water partition coefficient (Wildman–Crippen LogP) is 11.3. The zero-order chi connectivity index (χ0) is 34.1. The fourth-order valence-electron chi connectivity index (χ4n) is 16.3. The largest absolute Gasteiger partial charge is 0.392 e. The zero-order valence-electron chi connectivity index (χ0n) is 30.1. The Morgan fingerprint density at radius 1 is 0.531 bits per heavy atom. The molecule has 0 radical (unpaired) electrons. The van der Waals surface area contributed by atoms with Gasteiger partial charge < -0.3 is 0 Å². The number of halogens is 6. The summed E-state index contributed by atoms with van der Waals surface area (Å²) in [7, 11) is 0. The molecule has 0 N–H and O–H groups in total. The van der Waals surface area contributed by atoms with Crippen molar-refractivity contribution >= 4 is 0 Å². The van der Waals surface area contributed by atoms with Gasteiger partial charge in [-0.25, -0.2) is 0 Å². The van der Waals surface area contributed by atoms with E-state index < -0.39 is 24.2 Å². The Labute approximate surface area is 291 Å². The van der Waals surface area contributed by atoms with Crippen molar-refractivity contribution in [2.45, 2.75) is 203 Å². The van der Waals surface area contributed by atoms with Crippen molar-refractivity contribution in [3.63, 3.8) is 0 Å². The summed E-state index contributed by atoms with van der Waals surface area (Å²) in [6.07, 6.45) is 14.1. The molecule has 2 bridgehead atoms. The Kier molecular flexibility index (Phi) is 8.22. The van der Waals surface area contributed by atoms with Crippen LogP contribution in [0.4, 0.5) is 26.3 Å². The van der Waals surface area contributed by atoms with E-state index in [0.717, 1.165) is 61.4 Å². The fraction of sp³-hybridized carbons (Fsp3) is 1.00. The minimum absolute atomic E-state index is 0.0825. The summed E-state index contributed by atoms with van der Waals surface area (Å²) in [6, 6.07) is 3.39. The molecule has 0 spiro atoms. The van der Waals surface area contributed by atoms with Crippen molar-refractivity contribution in [3.05, 3.63) is 0 Å². The summed E-state index contributed by atoms with van der Waals surface area (Å²) in [4.78, 5) is 6.20. The van der Waals surface area contributed by atoms with Gasteiger partial charge in [0.1, 0.15) is 0 Å². The highest BCUT2D eigenvalue weighted by atomic mass is 19.4. The zero-order valence-corrected chi connectivity index (χ0v) is 30.1. The van der Waals surface area contributed by atoms with E-state index in [-0.39, 0.29) is 29.7 Å². The molecule has 0 aromatic heterocycles. The highest BCUT2D eigenvalue weighted by Gasteiger charge is 2.71. The number of likely N-dealkylation sites (tertiary alicyclic amines) is 2. The molecule has 10 fully saturated rings. The van der Waals surface area contributed by atoms with Crippen LogP contribution in [0.5, 0.6) is 0 Å². The van der Waals surface area contributed by atoms with Gasteiger partial charge in [-0.3, -0.25) is 9.80 Å². The molecule has 0 aromatic carbocycles. The van der Waals surface area contributed by atoms with Gasteiger partial charge in [0.15, 0.2) is 0 Å². The summed E-state index contributed by atoms with van der Waals surface area (Å²) in [5.41, 5.74) is 0.346. The molecule has 10 rings (SSSR count). The van der Waals surface area contributed by atoms with E-state index in [0.29, 0.717) is 30.0 Å². The van der Waals surface area contributed by atoms with Crippen LogP contribution in [0.1, 0.15) is 155 Å². The highest BCUT2D eigenvalue weighted by molar-refractivity contribution is 5.24. The van der Waals surface area contributed by atoms with Crippen molar-refractivity contribution in [3.8, 4) is 0 Å². The lowest BCUT2D eigenvalue weighted by Crippen LogP contribution is -2.67. The SMILES string of the molecule is CC1(C)C2CCCCC2N(C2CCC3C(C2)C2CCCCC2N3C23CCC(C4CCC(C(F)(F)F)C(C(F)(F)F)C4)(C2)C3)C2CCCCC21. The maximum Gasteiger partial charge on any atom is 0.392 e. The van der Waals surface area contributed by atoms with Crippen molar-refractivity contribution in [1.82, 2.24) is 9.80 Å². The van der Waals surface area contributed by atoms with Gasteiger partial charge in [-0.15, -0.1) is 0 Å². The Hall–Kier alpha value is -0.500. The average molecular weight is 697 g/mol. The predicted molar refractivity (Wildman–Crippen MR) is 180 cm³/mol. The third-order valence-electron chi connectivity index (χ3n) is 18.0. The summed E-state index contributed by atoms with van der Waals surface area (Å²) < 4.78 is 83.5. The first-order chi connectivity index (χ1) is 23.2. The van der Waals surface area contributed by atoms with Crippen molar-refractivity contribution in [2.24, 2.45) is 52.3 Å². The van der Waals surface area contributed by atoms with Crippen LogP contribution < -0.4 is 0 Å². The molecule has 12 unspecified atom stereocenters. The summed E-state index contributed by atoms with van der Waals surface area (Å²) in [6.45, 7) is 5.25. The van der Waals surface area contributed by atoms with Crippen LogP contribution in [0.3, 0.4) is 0 Å². The molecule has 8 heteroatoms. The van der Waals surface area contributed by atoms with E-state index in [1.165, 1.54) is 96.3 Å². The van der Waals surface area contributed by atoms with Gasteiger partial charge in [0, 0.05) is 35.7 Å². The fourth-order valence-corrected chi connectivity index (χ4v) is 16.3. The molecule has 8 aliphatic carbocycles. The van der Waals surface area contributed by atoms with Crippen molar-refractivity contribution < 1.29 is 26.3 Å². The lowest BCUT2D eigenvalue weighted by molar-refractivity contribution is -0.271. The van der Waals surface area contributed by atoms with Gasteiger partial charge in [0.25, 0.3) is 0 Å². The van der Waals surface area contributed by atoms with Gasteiger partial charge in [-0.05, 0) is 143 Å². The molecule has 2 saturated heterocycles. The van der Waals surface area contributed by atoms with E-state index >= 15 is 0 Å². The van der Waals surface area contributed by atoms with E-state index in [1.54, 1.807) is 0 Å². The van der Waals surface area contributed by atoms with E-state index in [9.17, 15) is 26.3 Å². The third-order valence-corrected chi connectivity index (χ3v) is 18.0. The number of rotatable bonds is 3. The van der Waals surface area contributed by atoms with Gasteiger partial charge in [-0.2, -0.15) is 26.3 Å². The molecule has 0 amide bonds. The molecule has 2 heterocycles. The van der Waals surface area contributed by atoms with Gasteiger partial charge in [0.2, 0.25) is 0 Å². The Morgan fingerprint density at radius 2 is 1.10 bits per heavy atom. The number of hydrogen-bond acceptors (Lipinski definition) is 2. The van der Waals surface area contributed by atoms with E-state index in [2.05, 4.69) is 23.6 Å². The van der Waals surface area contributed by atoms with Crippen LogP contribution in [0.25, 0.3) is 0 Å². The monoisotopic (exact) mass is 696 g/mol. The van der Waals surface area contributed by atoms with E-state index in [1.807, 2.05) is 0 Å². The number of fused-ring (bicyclic) bond motifs is 6. The second kappa shape index (κ2) is 11.7. The summed E-state index contributed by atoms with van der Waals surface area (Å²) in [5.74, 6) is -1.58. The normalized spacial score (nSPS) is 51.7. The lowest BCUT2D eigenvalue weighted by atomic mass is 9.53. The minimum Gasteiger partial charge on any atom is -0.294 e. The molecule has 278 valence electrons. The first-order valence-corrected chi connectivity index (χ1v) is 20.9. The molecule has 0 aromatic rings. The average Bonchev–Trinajstić information content (AvgIpc) is 3.73. The molecular weight excluding hydrogens is 634 g/mol. The molecule has 8 saturated carbocycles. The second-order valence-electron chi connectivity index (χ2n) is 20.1. The minimum atomic E-state index is -4.79. The Morgan fingerprint density at radius 3 is 1.73 bits per heavy atom. The lowest BCUT2D eigenvalue weighted by Gasteiger charge is -2.64. The molecular formula is C41H62F6N2. The maximum absolute atomic E-state index is 14.1. The summed E-state index contributed by atoms with van der Waals surface area (Å²) >= 11 is 0. The third kappa shape index (κ3) is 5.20. The Balaban J connectivity index is 0.951. The highest BCUT2D eigenvalue weighted by Crippen LogP contribution is 2.73. The first-order valence-electron chi connectivity index (χ1n) is 20.9. The van der Waals surface area contributed by atoms with Gasteiger partial charge >= 0.3 is 12.4 Å². The molecule has 49 heavy (non-hydrogen) atoms. The van der Waals surface area contributed by atoms with Crippen molar-refractivity contribution in [1.29, 1.82) is 0 Å². The van der Waals surface area contributed by atoms with Crippen LogP contribution in [0.15, 0.2) is 0 Å². The standard InChI is InChI=1S/C41H62F6N2/c1-37(2)30-10-4-7-13-35(30)48(36-14-8-5-11-31(36)37)26-16-18-34-28(22-26)27-9-3-6-12-33(27)49(34)39-20-19-38(23-39,24-39)25-15-17-29(40(42,43)44)32(21-25)41(45,46)47/h25-36H,3-24H2,1-2H3. The van der Waals surface area contributed by atoms with Crippen molar-refractivity contribution in [2.75, 3.05) is 0 Å². The smallest absolute Gasteiger partial charge is 0.294 e. The molecule has 2 aliphatic heterocycles. The number of nitrogens with zero attached hydrogens (tertiary/aromatic N) is 2. The van der Waals surface area contributed by atoms with Crippen LogP contribution in [0.2, 0.25) is 0 Å². The van der Waals surface area contributed by atoms with Gasteiger partial charge in [0.05, 0.1) is 11.8 Å². The molecule has 2 nitrogen and oxygen atoms in total. The number of hydrogen-bond donors (Lipinski definition) is 0. The van der Waals surface area contributed by atoms with Crippen LogP contribution in [-0.2, 0) is 0 Å². The van der Waals surface area contributed by atoms with Crippen LogP contribution >= 0.6 is 0 Å². The topological polar surface area (TPSA) is 6.48 Å². The Bertz CT molecular complexity index is 1210. The maximum atomic E-state index is 14.1.